The molecule has 10 aromatic carbocycles. The second-order valence-corrected chi connectivity index (χ2v) is 17.0. The number of nitrogens with two attached hydrogens (primary N) is 1. The fraction of sp³-hybridized carbons (Fsp3) is 0.0164. The van der Waals surface area contributed by atoms with Gasteiger partial charge in [-0.15, -0.1) is 0 Å². The molecule has 0 radical (unpaired) electrons. The van der Waals surface area contributed by atoms with Crippen molar-refractivity contribution in [2.45, 2.75) is 6.42 Å². The quantitative estimate of drug-likeness (QED) is 0.166. The SMILES string of the molecule is Brc1ccc2c3ccccc3n(-c3ccccc3)c2c1.Nc1ccccc1-c1ccccc1.c1ccc(-c2ccccc2Cc2ccc3c4ccccc4n(-c4ccccc4)c3c2)cc1. The van der Waals surface area contributed by atoms with Gasteiger partial charge in [-0.1, -0.05) is 210 Å². The third-order valence-corrected chi connectivity index (χ3v) is 12.4. The van der Waals surface area contributed by atoms with Crippen LogP contribution >= 0.6 is 15.9 Å². The summed E-state index contributed by atoms with van der Waals surface area (Å²) in [5.41, 5.74) is 21.5. The Morgan fingerprint density at radius 3 is 1.32 bits per heavy atom. The first-order chi connectivity index (χ1) is 32.1. The van der Waals surface area contributed by atoms with Gasteiger partial charge < -0.3 is 14.9 Å². The van der Waals surface area contributed by atoms with Gasteiger partial charge in [0.05, 0.1) is 22.1 Å². The number of hydrogen-bond donors (Lipinski definition) is 1. The van der Waals surface area contributed by atoms with E-state index in [9.17, 15) is 0 Å². The van der Waals surface area contributed by atoms with E-state index < -0.39 is 0 Å². The monoisotopic (exact) mass is 899 g/mol. The second kappa shape index (κ2) is 18.8. The molecule has 0 aliphatic heterocycles. The molecule has 0 aliphatic rings. The lowest BCUT2D eigenvalue weighted by Gasteiger charge is -2.11. The summed E-state index contributed by atoms with van der Waals surface area (Å²) in [6.45, 7) is 0. The van der Waals surface area contributed by atoms with E-state index in [-0.39, 0.29) is 0 Å². The van der Waals surface area contributed by atoms with Crippen LogP contribution in [-0.2, 0) is 6.42 Å². The van der Waals surface area contributed by atoms with Crippen LogP contribution in [0, 0.1) is 0 Å². The second-order valence-electron chi connectivity index (χ2n) is 16.0. The summed E-state index contributed by atoms with van der Waals surface area (Å²) in [5.74, 6) is 0. The van der Waals surface area contributed by atoms with Crippen molar-refractivity contribution in [3.63, 3.8) is 0 Å². The van der Waals surface area contributed by atoms with E-state index in [1.165, 1.54) is 82.8 Å². The Labute approximate surface area is 388 Å². The summed E-state index contributed by atoms with van der Waals surface area (Å²) >= 11 is 3.58. The predicted molar refractivity (Wildman–Crippen MR) is 280 cm³/mol. The number of hydrogen-bond acceptors (Lipinski definition) is 1. The van der Waals surface area contributed by atoms with E-state index in [1.807, 2.05) is 48.5 Å². The van der Waals surface area contributed by atoms with Crippen LogP contribution in [0.25, 0.3) is 77.2 Å². The van der Waals surface area contributed by atoms with Crippen LogP contribution in [0.5, 0.6) is 0 Å². The summed E-state index contributed by atoms with van der Waals surface area (Å²) in [5, 5.41) is 5.17. The number of aromatic nitrogens is 2. The Balaban J connectivity index is 0.000000128. The van der Waals surface area contributed by atoms with Gasteiger partial charge >= 0.3 is 0 Å². The van der Waals surface area contributed by atoms with Crippen LogP contribution in [0.3, 0.4) is 0 Å². The van der Waals surface area contributed by atoms with Gasteiger partial charge in [-0.3, -0.25) is 0 Å². The van der Waals surface area contributed by atoms with Crippen LogP contribution in [0.2, 0.25) is 0 Å². The molecule has 0 bridgehead atoms. The zero-order valence-corrected chi connectivity index (χ0v) is 37.4. The molecule has 4 heteroatoms. The first-order valence-electron chi connectivity index (χ1n) is 22.0. The topological polar surface area (TPSA) is 35.9 Å². The van der Waals surface area contributed by atoms with Gasteiger partial charge in [0.2, 0.25) is 0 Å². The highest BCUT2D eigenvalue weighted by molar-refractivity contribution is 9.10. The molecule has 12 rings (SSSR count). The molecule has 2 aromatic heterocycles. The Morgan fingerprint density at radius 1 is 0.338 bits per heavy atom. The van der Waals surface area contributed by atoms with Crippen LogP contribution in [0.4, 0.5) is 5.69 Å². The lowest BCUT2D eigenvalue weighted by Crippen LogP contribution is -1.95. The molecule has 0 spiro atoms. The largest absolute Gasteiger partial charge is 0.398 e. The van der Waals surface area contributed by atoms with E-state index in [0.717, 1.165) is 22.1 Å². The molecule has 0 aliphatic carbocycles. The van der Waals surface area contributed by atoms with E-state index in [1.54, 1.807) is 0 Å². The zero-order chi connectivity index (χ0) is 44.0. The molecule has 2 heterocycles. The van der Waals surface area contributed by atoms with Gasteiger partial charge in [0.25, 0.3) is 0 Å². The van der Waals surface area contributed by atoms with Crippen molar-refractivity contribution in [1.82, 2.24) is 9.13 Å². The number of rotatable bonds is 6. The molecule has 12 aromatic rings. The van der Waals surface area contributed by atoms with Gasteiger partial charge in [0.1, 0.15) is 0 Å². The molecule has 312 valence electrons. The summed E-state index contributed by atoms with van der Waals surface area (Å²) in [4.78, 5) is 0. The average molecular weight is 901 g/mol. The Hall–Kier alpha value is -7.92. The van der Waals surface area contributed by atoms with Crippen molar-refractivity contribution in [3.8, 4) is 33.6 Å². The number of para-hydroxylation sites is 5. The fourth-order valence-electron chi connectivity index (χ4n) is 8.95. The average Bonchev–Trinajstić information content (AvgIpc) is 3.88. The van der Waals surface area contributed by atoms with E-state index in [4.69, 9.17) is 5.73 Å². The Morgan fingerprint density at radius 2 is 0.754 bits per heavy atom. The predicted octanol–water partition coefficient (Wildman–Crippen LogP) is 16.5. The summed E-state index contributed by atoms with van der Waals surface area (Å²) in [7, 11) is 0. The highest BCUT2D eigenvalue weighted by Crippen LogP contribution is 2.35. The van der Waals surface area contributed by atoms with Crippen LogP contribution in [-0.4, -0.2) is 9.13 Å². The van der Waals surface area contributed by atoms with Crippen molar-refractivity contribution in [2.24, 2.45) is 0 Å². The summed E-state index contributed by atoms with van der Waals surface area (Å²) in [6, 6.07) is 89.3. The van der Waals surface area contributed by atoms with Gasteiger partial charge in [0.15, 0.2) is 0 Å². The van der Waals surface area contributed by atoms with E-state index in [0.29, 0.717) is 0 Å². The molecular weight excluding hydrogens is 855 g/mol. The molecule has 0 saturated carbocycles. The minimum Gasteiger partial charge on any atom is -0.398 e. The number of benzene rings is 10. The molecule has 0 fully saturated rings. The molecule has 0 atom stereocenters. The van der Waals surface area contributed by atoms with Gasteiger partial charge in [-0.25, -0.2) is 0 Å². The molecule has 3 nitrogen and oxygen atoms in total. The zero-order valence-electron chi connectivity index (χ0n) is 35.8. The molecule has 0 amide bonds. The molecule has 2 N–H and O–H groups in total. The van der Waals surface area contributed by atoms with E-state index >= 15 is 0 Å². The highest BCUT2D eigenvalue weighted by atomic mass is 79.9. The minimum absolute atomic E-state index is 0.828. The summed E-state index contributed by atoms with van der Waals surface area (Å²) < 4.78 is 5.80. The smallest absolute Gasteiger partial charge is 0.0552 e. The van der Waals surface area contributed by atoms with Crippen LogP contribution < -0.4 is 5.73 Å². The van der Waals surface area contributed by atoms with Gasteiger partial charge in [-0.2, -0.15) is 0 Å². The van der Waals surface area contributed by atoms with Gasteiger partial charge in [0, 0.05) is 48.6 Å². The maximum Gasteiger partial charge on any atom is 0.0552 e. The normalized spacial score (nSPS) is 11.0. The number of halogens is 1. The maximum absolute atomic E-state index is 5.85. The van der Waals surface area contributed by atoms with Gasteiger partial charge in [-0.05, 0) is 94.9 Å². The van der Waals surface area contributed by atoms with Crippen LogP contribution in [0.1, 0.15) is 11.1 Å². The lowest BCUT2D eigenvalue weighted by molar-refractivity contribution is 1.16. The first kappa shape index (κ1) is 41.1. The van der Waals surface area contributed by atoms with E-state index in [2.05, 4.69) is 231 Å². The van der Waals surface area contributed by atoms with Crippen molar-refractivity contribution in [3.05, 3.63) is 270 Å². The number of nitrogens with zero attached hydrogens (tertiary/aromatic N) is 2. The molecule has 65 heavy (non-hydrogen) atoms. The van der Waals surface area contributed by atoms with Crippen molar-refractivity contribution in [2.75, 3.05) is 5.73 Å². The van der Waals surface area contributed by atoms with Crippen molar-refractivity contribution < 1.29 is 0 Å². The Bertz CT molecular complexity index is 3520. The Kier molecular flexibility index (Phi) is 11.9. The lowest BCUT2D eigenvalue weighted by atomic mass is 9.94. The molecular formula is C61H46BrN3. The summed E-state index contributed by atoms with van der Waals surface area (Å²) in [6.07, 6.45) is 0.900. The third kappa shape index (κ3) is 8.60. The van der Waals surface area contributed by atoms with Crippen molar-refractivity contribution >= 4 is 65.2 Å². The number of anilines is 1. The third-order valence-electron chi connectivity index (χ3n) is 11.9. The van der Waals surface area contributed by atoms with Crippen LogP contribution in [0.15, 0.2) is 259 Å². The number of fused-ring (bicyclic) bond motifs is 6. The first-order valence-corrected chi connectivity index (χ1v) is 22.7. The molecule has 0 saturated heterocycles. The number of nitrogen functional groups attached to an aromatic ring is 1. The van der Waals surface area contributed by atoms with Crippen molar-refractivity contribution in [1.29, 1.82) is 0 Å². The fourth-order valence-corrected chi connectivity index (χ4v) is 9.30. The molecule has 0 unspecified atom stereocenters. The standard InChI is InChI=1S/C31H23N.C18H12BrN.C12H11N/c1-3-11-24(12-4-1)27-16-8-7-13-25(27)21-23-19-20-29-28-17-9-10-18-30(28)32(31(29)22-23)26-14-5-2-6-15-26;19-13-10-11-16-15-8-4-5-9-17(15)20(18(16)12-13)14-6-2-1-3-7-14;13-12-9-5-4-8-11(12)10-6-2-1-3-7-10/h1-20,22H,21H2;1-12H;1-9H,13H2. The minimum atomic E-state index is 0.828. The highest BCUT2D eigenvalue weighted by Gasteiger charge is 2.14. The maximum atomic E-state index is 5.85.